The number of nitrogens with one attached hydrogen (secondary N) is 2. The molecule has 4 nitrogen and oxygen atoms in total. The highest BCUT2D eigenvalue weighted by Gasteiger charge is 2.13. The van der Waals surface area contributed by atoms with Crippen molar-refractivity contribution in [3.05, 3.63) is 54.1 Å². The molecule has 0 radical (unpaired) electrons. The lowest BCUT2D eigenvalue weighted by Crippen LogP contribution is -2.31. The SMILES string of the molecule is NC(=O)c1cccc(-c2ccccc2NCC2CCNCC2)c1. The van der Waals surface area contributed by atoms with Gasteiger partial charge in [0.05, 0.1) is 0 Å². The predicted octanol–water partition coefficient (Wildman–Crippen LogP) is 2.86. The van der Waals surface area contributed by atoms with Gasteiger partial charge >= 0.3 is 0 Å². The summed E-state index contributed by atoms with van der Waals surface area (Å²) in [5.74, 6) is 0.313. The molecule has 2 aromatic carbocycles. The molecule has 0 saturated carbocycles. The highest BCUT2D eigenvalue weighted by Crippen LogP contribution is 2.29. The number of carbonyl (C=O) groups is 1. The third-order valence-corrected chi connectivity index (χ3v) is 4.43. The standard InChI is InChI=1S/C19H23N3O/c20-19(23)16-5-3-4-15(12-16)17-6-1-2-7-18(17)22-13-14-8-10-21-11-9-14/h1-7,12,14,21-22H,8-11,13H2,(H2,20,23). The minimum atomic E-state index is -0.396. The maximum absolute atomic E-state index is 11.4. The number of hydrogen-bond donors (Lipinski definition) is 3. The van der Waals surface area contributed by atoms with Crippen LogP contribution in [0.4, 0.5) is 5.69 Å². The summed E-state index contributed by atoms with van der Waals surface area (Å²) in [4.78, 5) is 11.4. The third-order valence-electron chi connectivity index (χ3n) is 4.43. The lowest BCUT2D eigenvalue weighted by Gasteiger charge is -2.24. The molecule has 1 saturated heterocycles. The summed E-state index contributed by atoms with van der Waals surface area (Å²) in [6, 6.07) is 15.7. The van der Waals surface area contributed by atoms with Crippen molar-refractivity contribution in [2.75, 3.05) is 25.0 Å². The van der Waals surface area contributed by atoms with E-state index in [0.717, 1.165) is 36.4 Å². The van der Waals surface area contributed by atoms with E-state index in [1.54, 1.807) is 6.07 Å². The van der Waals surface area contributed by atoms with Gasteiger partial charge in [0, 0.05) is 23.4 Å². The largest absolute Gasteiger partial charge is 0.384 e. The Hall–Kier alpha value is -2.33. The maximum Gasteiger partial charge on any atom is 0.248 e. The Bertz CT molecular complexity index is 678. The molecule has 3 rings (SSSR count). The number of anilines is 1. The fourth-order valence-corrected chi connectivity index (χ4v) is 3.07. The highest BCUT2D eigenvalue weighted by atomic mass is 16.1. The molecule has 0 aromatic heterocycles. The highest BCUT2D eigenvalue weighted by molar-refractivity contribution is 5.94. The number of amides is 1. The van der Waals surface area contributed by atoms with E-state index < -0.39 is 5.91 Å². The maximum atomic E-state index is 11.4. The first-order chi connectivity index (χ1) is 11.2. The first kappa shape index (κ1) is 15.6. The molecule has 4 N–H and O–H groups in total. The van der Waals surface area contributed by atoms with Gasteiger partial charge in [0.2, 0.25) is 5.91 Å². The van der Waals surface area contributed by atoms with Gasteiger partial charge in [-0.2, -0.15) is 0 Å². The number of primary amides is 1. The van der Waals surface area contributed by atoms with Gasteiger partial charge in [-0.05, 0) is 55.6 Å². The number of benzene rings is 2. The smallest absolute Gasteiger partial charge is 0.248 e. The zero-order valence-corrected chi connectivity index (χ0v) is 13.2. The van der Waals surface area contributed by atoms with Crippen LogP contribution in [-0.4, -0.2) is 25.5 Å². The first-order valence-electron chi connectivity index (χ1n) is 8.18. The van der Waals surface area contributed by atoms with E-state index >= 15 is 0 Å². The molecule has 1 heterocycles. The number of piperidine rings is 1. The summed E-state index contributed by atoms with van der Waals surface area (Å²) in [5, 5.41) is 6.98. The van der Waals surface area contributed by atoms with Crippen LogP contribution in [0.3, 0.4) is 0 Å². The Morgan fingerprint density at radius 2 is 1.91 bits per heavy atom. The molecular weight excluding hydrogens is 286 g/mol. The van der Waals surface area contributed by atoms with Gasteiger partial charge in [-0.3, -0.25) is 4.79 Å². The van der Waals surface area contributed by atoms with Crippen LogP contribution in [0.25, 0.3) is 11.1 Å². The van der Waals surface area contributed by atoms with Crippen molar-refractivity contribution < 1.29 is 4.79 Å². The Balaban J connectivity index is 1.80. The molecule has 120 valence electrons. The molecule has 0 aliphatic carbocycles. The van der Waals surface area contributed by atoms with Gasteiger partial charge in [0.15, 0.2) is 0 Å². The Labute approximate surface area is 137 Å². The Kier molecular flexibility index (Phi) is 4.93. The van der Waals surface area contributed by atoms with Crippen molar-refractivity contribution in [2.45, 2.75) is 12.8 Å². The fourth-order valence-electron chi connectivity index (χ4n) is 3.07. The summed E-state index contributed by atoms with van der Waals surface area (Å²) in [6.07, 6.45) is 2.43. The molecule has 23 heavy (non-hydrogen) atoms. The van der Waals surface area contributed by atoms with Crippen LogP contribution < -0.4 is 16.4 Å². The summed E-state index contributed by atoms with van der Waals surface area (Å²) < 4.78 is 0. The van der Waals surface area contributed by atoms with Gasteiger partial charge < -0.3 is 16.4 Å². The second kappa shape index (κ2) is 7.29. The van der Waals surface area contributed by atoms with Crippen LogP contribution in [-0.2, 0) is 0 Å². The summed E-state index contributed by atoms with van der Waals surface area (Å²) >= 11 is 0. The molecule has 1 aliphatic heterocycles. The molecule has 1 amide bonds. The zero-order chi connectivity index (χ0) is 16.1. The number of para-hydroxylation sites is 1. The van der Waals surface area contributed by atoms with Crippen LogP contribution in [0.2, 0.25) is 0 Å². The lowest BCUT2D eigenvalue weighted by molar-refractivity contribution is 0.100. The van der Waals surface area contributed by atoms with Crippen molar-refractivity contribution in [1.82, 2.24) is 5.32 Å². The molecule has 0 spiro atoms. The number of rotatable bonds is 5. The Morgan fingerprint density at radius 3 is 2.70 bits per heavy atom. The predicted molar refractivity (Wildman–Crippen MR) is 94.5 cm³/mol. The summed E-state index contributed by atoms with van der Waals surface area (Å²) in [5.41, 5.74) is 9.15. The Morgan fingerprint density at radius 1 is 1.13 bits per heavy atom. The molecule has 1 fully saturated rings. The van der Waals surface area contributed by atoms with Crippen LogP contribution in [0, 0.1) is 5.92 Å². The van der Waals surface area contributed by atoms with E-state index in [2.05, 4.69) is 22.8 Å². The van der Waals surface area contributed by atoms with E-state index in [1.165, 1.54) is 12.8 Å². The average molecular weight is 309 g/mol. The minimum absolute atomic E-state index is 0.396. The average Bonchev–Trinajstić information content (AvgIpc) is 2.61. The van der Waals surface area contributed by atoms with Gasteiger partial charge in [0.25, 0.3) is 0 Å². The molecule has 0 atom stereocenters. The summed E-state index contributed by atoms with van der Waals surface area (Å²) in [6.45, 7) is 3.19. The van der Waals surface area contributed by atoms with Crippen LogP contribution in [0.5, 0.6) is 0 Å². The first-order valence-corrected chi connectivity index (χ1v) is 8.18. The van der Waals surface area contributed by atoms with Crippen molar-refractivity contribution in [3.8, 4) is 11.1 Å². The monoisotopic (exact) mass is 309 g/mol. The van der Waals surface area contributed by atoms with E-state index in [0.29, 0.717) is 11.5 Å². The van der Waals surface area contributed by atoms with Crippen molar-refractivity contribution >= 4 is 11.6 Å². The van der Waals surface area contributed by atoms with Crippen molar-refractivity contribution in [1.29, 1.82) is 0 Å². The van der Waals surface area contributed by atoms with Crippen molar-refractivity contribution in [2.24, 2.45) is 11.7 Å². The zero-order valence-electron chi connectivity index (χ0n) is 13.2. The normalized spacial score (nSPS) is 15.3. The van der Waals surface area contributed by atoms with Gasteiger partial charge in [-0.1, -0.05) is 30.3 Å². The van der Waals surface area contributed by atoms with E-state index in [1.807, 2.05) is 30.3 Å². The van der Waals surface area contributed by atoms with Crippen LogP contribution in [0.1, 0.15) is 23.2 Å². The van der Waals surface area contributed by atoms with E-state index in [4.69, 9.17) is 5.73 Å². The fraction of sp³-hybridized carbons (Fsp3) is 0.316. The van der Waals surface area contributed by atoms with E-state index in [9.17, 15) is 4.79 Å². The van der Waals surface area contributed by atoms with Gasteiger partial charge in [-0.15, -0.1) is 0 Å². The molecule has 4 heteroatoms. The second-order valence-corrected chi connectivity index (χ2v) is 6.06. The molecule has 0 bridgehead atoms. The van der Waals surface area contributed by atoms with Crippen molar-refractivity contribution in [3.63, 3.8) is 0 Å². The molecule has 1 aliphatic rings. The third kappa shape index (κ3) is 3.90. The topological polar surface area (TPSA) is 67.2 Å². The summed E-state index contributed by atoms with van der Waals surface area (Å²) in [7, 11) is 0. The molecule has 0 unspecified atom stereocenters. The van der Waals surface area contributed by atoms with Gasteiger partial charge in [0.1, 0.15) is 0 Å². The minimum Gasteiger partial charge on any atom is -0.384 e. The number of nitrogens with two attached hydrogens (primary N) is 1. The van der Waals surface area contributed by atoms with E-state index in [-0.39, 0.29) is 0 Å². The van der Waals surface area contributed by atoms with Crippen LogP contribution >= 0.6 is 0 Å². The lowest BCUT2D eigenvalue weighted by atomic mass is 9.97. The molecular formula is C19H23N3O. The number of carbonyl (C=O) groups excluding carboxylic acids is 1. The number of hydrogen-bond acceptors (Lipinski definition) is 3. The van der Waals surface area contributed by atoms with Gasteiger partial charge in [-0.25, -0.2) is 0 Å². The van der Waals surface area contributed by atoms with Crippen LogP contribution in [0.15, 0.2) is 48.5 Å². The molecule has 2 aromatic rings. The quantitative estimate of drug-likeness (QED) is 0.795. The second-order valence-electron chi connectivity index (χ2n) is 6.06.